The molecule has 0 aromatic carbocycles. The van der Waals surface area contributed by atoms with E-state index in [2.05, 4.69) is 22.3 Å². The SMILES string of the molecule is CCCC1CCCN(Cc2csc(-c3cnn(C)c3)n2)CC1. The Hall–Kier alpha value is -1.20. The second-order valence-electron chi connectivity index (χ2n) is 6.41. The van der Waals surface area contributed by atoms with Crippen molar-refractivity contribution < 1.29 is 0 Å². The van der Waals surface area contributed by atoms with Crippen LogP contribution in [0.3, 0.4) is 0 Å². The molecule has 4 nitrogen and oxygen atoms in total. The van der Waals surface area contributed by atoms with Crippen LogP contribution in [-0.4, -0.2) is 32.8 Å². The van der Waals surface area contributed by atoms with Crippen molar-refractivity contribution in [3.05, 3.63) is 23.5 Å². The molecule has 120 valence electrons. The molecule has 0 radical (unpaired) electrons. The third kappa shape index (κ3) is 3.96. The van der Waals surface area contributed by atoms with E-state index in [9.17, 15) is 0 Å². The molecule has 1 aliphatic heterocycles. The summed E-state index contributed by atoms with van der Waals surface area (Å²) in [6, 6.07) is 0. The van der Waals surface area contributed by atoms with Gasteiger partial charge in [-0.2, -0.15) is 5.10 Å². The highest BCUT2D eigenvalue weighted by atomic mass is 32.1. The number of aryl methyl sites for hydroxylation is 1. The number of thiazole rings is 1. The van der Waals surface area contributed by atoms with Crippen molar-refractivity contribution >= 4 is 11.3 Å². The zero-order valence-electron chi connectivity index (χ0n) is 13.7. The summed E-state index contributed by atoms with van der Waals surface area (Å²) in [5.41, 5.74) is 2.33. The third-order valence-electron chi connectivity index (χ3n) is 4.53. The van der Waals surface area contributed by atoms with Crippen molar-refractivity contribution in [1.29, 1.82) is 0 Å². The molecule has 0 bridgehead atoms. The summed E-state index contributed by atoms with van der Waals surface area (Å²) in [6.45, 7) is 5.75. The van der Waals surface area contributed by atoms with Crippen LogP contribution in [0.25, 0.3) is 10.6 Å². The number of likely N-dealkylation sites (tertiary alicyclic amines) is 1. The van der Waals surface area contributed by atoms with Crippen molar-refractivity contribution in [2.45, 2.75) is 45.6 Å². The number of nitrogens with zero attached hydrogens (tertiary/aromatic N) is 4. The Kier molecular flexibility index (Phi) is 5.26. The molecular weight excluding hydrogens is 292 g/mol. The van der Waals surface area contributed by atoms with E-state index in [1.54, 1.807) is 11.3 Å². The molecule has 3 rings (SSSR count). The molecule has 3 heterocycles. The zero-order valence-corrected chi connectivity index (χ0v) is 14.5. The maximum atomic E-state index is 4.80. The molecule has 2 aromatic heterocycles. The van der Waals surface area contributed by atoms with Crippen LogP contribution >= 0.6 is 11.3 Å². The first kappa shape index (κ1) is 15.7. The van der Waals surface area contributed by atoms with Crippen molar-refractivity contribution in [3.8, 4) is 10.6 Å². The van der Waals surface area contributed by atoms with Gasteiger partial charge >= 0.3 is 0 Å². The summed E-state index contributed by atoms with van der Waals surface area (Å²) in [6.07, 6.45) is 10.7. The van der Waals surface area contributed by atoms with Gasteiger partial charge in [0, 0.05) is 30.7 Å². The maximum Gasteiger partial charge on any atom is 0.126 e. The molecule has 0 saturated carbocycles. The monoisotopic (exact) mass is 318 g/mol. The first-order chi connectivity index (χ1) is 10.7. The fourth-order valence-corrected chi connectivity index (χ4v) is 4.14. The molecule has 1 saturated heterocycles. The fourth-order valence-electron chi connectivity index (χ4n) is 3.35. The molecule has 5 heteroatoms. The summed E-state index contributed by atoms with van der Waals surface area (Å²) in [4.78, 5) is 7.38. The lowest BCUT2D eigenvalue weighted by Gasteiger charge is -2.18. The van der Waals surface area contributed by atoms with Crippen LogP contribution in [0.4, 0.5) is 0 Å². The quantitative estimate of drug-likeness (QED) is 0.837. The van der Waals surface area contributed by atoms with E-state index in [4.69, 9.17) is 4.98 Å². The van der Waals surface area contributed by atoms with E-state index in [0.29, 0.717) is 0 Å². The highest BCUT2D eigenvalue weighted by molar-refractivity contribution is 7.13. The zero-order chi connectivity index (χ0) is 15.4. The average Bonchev–Trinajstić information content (AvgIpc) is 3.07. The summed E-state index contributed by atoms with van der Waals surface area (Å²) < 4.78 is 1.83. The summed E-state index contributed by atoms with van der Waals surface area (Å²) >= 11 is 1.73. The molecule has 22 heavy (non-hydrogen) atoms. The fraction of sp³-hybridized carbons (Fsp3) is 0.647. The average molecular weight is 318 g/mol. The summed E-state index contributed by atoms with van der Waals surface area (Å²) in [5, 5.41) is 7.52. The number of hydrogen-bond acceptors (Lipinski definition) is 4. The predicted octanol–water partition coefficient (Wildman–Crippen LogP) is 3.95. The second-order valence-corrected chi connectivity index (χ2v) is 7.27. The van der Waals surface area contributed by atoms with Gasteiger partial charge < -0.3 is 0 Å². The number of hydrogen-bond donors (Lipinski definition) is 0. The molecule has 1 aliphatic rings. The van der Waals surface area contributed by atoms with Gasteiger partial charge in [-0.25, -0.2) is 4.98 Å². The van der Waals surface area contributed by atoms with E-state index in [1.165, 1.54) is 50.9 Å². The standard InChI is InChI=1S/C17H26N4S/c1-3-5-14-6-4-8-21(9-7-14)12-16-13-22-17(19-16)15-10-18-20(2)11-15/h10-11,13-14H,3-9,12H2,1-2H3. The van der Waals surface area contributed by atoms with Crippen molar-refractivity contribution in [1.82, 2.24) is 19.7 Å². The van der Waals surface area contributed by atoms with Crippen LogP contribution in [0.15, 0.2) is 17.8 Å². The smallest absolute Gasteiger partial charge is 0.126 e. The van der Waals surface area contributed by atoms with Gasteiger partial charge in [0.15, 0.2) is 0 Å². The lowest BCUT2D eigenvalue weighted by molar-refractivity contribution is 0.269. The maximum absolute atomic E-state index is 4.80. The first-order valence-corrected chi connectivity index (χ1v) is 9.28. The normalized spacial score (nSPS) is 20.2. The molecule has 2 aromatic rings. The Morgan fingerprint density at radius 1 is 1.32 bits per heavy atom. The van der Waals surface area contributed by atoms with Crippen molar-refractivity contribution in [2.24, 2.45) is 13.0 Å². The van der Waals surface area contributed by atoms with Crippen LogP contribution in [0, 0.1) is 5.92 Å². The predicted molar refractivity (Wildman–Crippen MR) is 91.8 cm³/mol. The number of rotatable bonds is 5. The molecule has 1 atom stereocenters. The van der Waals surface area contributed by atoms with E-state index >= 15 is 0 Å². The molecule has 1 unspecified atom stereocenters. The second kappa shape index (κ2) is 7.38. The van der Waals surface area contributed by atoms with Gasteiger partial charge in [0.1, 0.15) is 5.01 Å². The van der Waals surface area contributed by atoms with Crippen LogP contribution in [0.2, 0.25) is 0 Å². The summed E-state index contributed by atoms with van der Waals surface area (Å²) in [5.74, 6) is 0.941. The van der Waals surface area contributed by atoms with E-state index in [0.717, 1.165) is 23.0 Å². The van der Waals surface area contributed by atoms with Crippen LogP contribution in [0.1, 0.15) is 44.7 Å². The molecule has 0 amide bonds. The van der Waals surface area contributed by atoms with Gasteiger partial charge in [-0.1, -0.05) is 19.8 Å². The molecule has 0 spiro atoms. The molecular formula is C17H26N4S. The lowest BCUT2D eigenvalue weighted by Crippen LogP contribution is -2.24. The Morgan fingerprint density at radius 3 is 3.00 bits per heavy atom. The molecule has 0 aliphatic carbocycles. The Bertz CT molecular complexity index is 589. The first-order valence-electron chi connectivity index (χ1n) is 8.40. The lowest BCUT2D eigenvalue weighted by atomic mass is 9.96. The Morgan fingerprint density at radius 2 is 2.23 bits per heavy atom. The van der Waals surface area contributed by atoms with Crippen LogP contribution in [-0.2, 0) is 13.6 Å². The molecule has 1 fully saturated rings. The molecule has 0 N–H and O–H groups in total. The minimum atomic E-state index is 0.941. The minimum absolute atomic E-state index is 0.941. The van der Waals surface area contributed by atoms with E-state index in [1.807, 2.05) is 24.1 Å². The topological polar surface area (TPSA) is 34.0 Å². The van der Waals surface area contributed by atoms with Gasteiger partial charge in [-0.3, -0.25) is 9.58 Å². The largest absolute Gasteiger partial charge is 0.297 e. The van der Waals surface area contributed by atoms with E-state index in [-0.39, 0.29) is 0 Å². The third-order valence-corrected chi connectivity index (χ3v) is 5.47. The van der Waals surface area contributed by atoms with Gasteiger partial charge in [-0.05, 0) is 38.3 Å². The van der Waals surface area contributed by atoms with Gasteiger partial charge in [0.2, 0.25) is 0 Å². The van der Waals surface area contributed by atoms with Gasteiger partial charge in [0.05, 0.1) is 11.9 Å². The highest BCUT2D eigenvalue weighted by Gasteiger charge is 2.17. The Labute approximate surface area is 137 Å². The number of aromatic nitrogens is 3. The highest BCUT2D eigenvalue weighted by Crippen LogP contribution is 2.26. The van der Waals surface area contributed by atoms with Gasteiger partial charge in [0.25, 0.3) is 0 Å². The van der Waals surface area contributed by atoms with Crippen LogP contribution in [0.5, 0.6) is 0 Å². The van der Waals surface area contributed by atoms with Crippen LogP contribution < -0.4 is 0 Å². The van der Waals surface area contributed by atoms with E-state index < -0.39 is 0 Å². The Balaban J connectivity index is 1.58. The van der Waals surface area contributed by atoms with Gasteiger partial charge in [-0.15, -0.1) is 11.3 Å². The minimum Gasteiger partial charge on any atom is -0.297 e. The summed E-state index contributed by atoms with van der Waals surface area (Å²) in [7, 11) is 1.95. The van der Waals surface area contributed by atoms with Crippen molar-refractivity contribution in [2.75, 3.05) is 13.1 Å². The van der Waals surface area contributed by atoms with Crippen molar-refractivity contribution in [3.63, 3.8) is 0 Å².